The average Bonchev–Trinajstić information content (AvgIpc) is 2.57. The Labute approximate surface area is 141 Å². The summed E-state index contributed by atoms with van der Waals surface area (Å²) in [6, 6.07) is 14.5. The molecule has 0 atom stereocenters. The van der Waals surface area contributed by atoms with Crippen molar-refractivity contribution in [3.05, 3.63) is 59.7 Å². The van der Waals surface area contributed by atoms with E-state index in [0.717, 1.165) is 5.56 Å². The van der Waals surface area contributed by atoms with Crippen LogP contribution in [0.5, 0.6) is 5.75 Å². The van der Waals surface area contributed by atoms with Crippen LogP contribution >= 0.6 is 0 Å². The summed E-state index contributed by atoms with van der Waals surface area (Å²) in [6.45, 7) is 4.23. The van der Waals surface area contributed by atoms with Crippen LogP contribution in [0.4, 0.5) is 0 Å². The summed E-state index contributed by atoms with van der Waals surface area (Å²) in [7, 11) is -4.07. The Bertz CT molecular complexity index is 864. The molecule has 0 aliphatic rings. The van der Waals surface area contributed by atoms with Gasteiger partial charge in [0.15, 0.2) is 5.71 Å². The van der Waals surface area contributed by atoms with Crippen molar-refractivity contribution in [2.75, 3.05) is 6.61 Å². The van der Waals surface area contributed by atoms with Crippen LogP contribution < -0.4 is 4.74 Å². The van der Waals surface area contributed by atoms with Crippen LogP contribution in [0.15, 0.2) is 58.6 Å². The zero-order valence-corrected chi connectivity index (χ0v) is 14.1. The smallest absolute Gasteiger partial charge is 0.358 e. The van der Waals surface area contributed by atoms with E-state index in [4.69, 9.17) is 10.00 Å². The average molecular weight is 344 g/mol. The first-order chi connectivity index (χ1) is 11.5. The maximum absolute atomic E-state index is 12.1. The zero-order chi connectivity index (χ0) is 17.6. The van der Waals surface area contributed by atoms with Gasteiger partial charge in [-0.2, -0.15) is 13.7 Å². The molecular weight excluding hydrogens is 328 g/mol. The van der Waals surface area contributed by atoms with Gasteiger partial charge in [0.25, 0.3) is 0 Å². The first kappa shape index (κ1) is 17.5. The molecule has 0 amide bonds. The number of hydrogen-bond acceptors (Lipinski definition) is 6. The zero-order valence-electron chi connectivity index (χ0n) is 13.3. The molecule has 7 heteroatoms. The summed E-state index contributed by atoms with van der Waals surface area (Å²) < 4.78 is 34.1. The molecule has 2 rings (SSSR count). The van der Waals surface area contributed by atoms with Crippen molar-refractivity contribution in [2.24, 2.45) is 5.16 Å². The lowest BCUT2D eigenvalue weighted by Gasteiger charge is -2.04. The third-order valence-electron chi connectivity index (χ3n) is 3.08. The predicted octanol–water partition coefficient (Wildman–Crippen LogP) is 3.03. The Balaban J connectivity index is 2.21. The minimum atomic E-state index is -4.07. The molecule has 124 valence electrons. The van der Waals surface area contributed by atoms with E-state index in [1.165, 1.54) is 12.1 Å². The van der Waals surface area contributed by atoms with Gasteiger partial charge in [0.05, 0.1) is 6.61 Å². The summed E-state index contributed by atoms with van der Waals surface area (Å²) >= 11 is 0. The number of aryl methyl sites for hydroxylation is 1. The topological polar surface area (TPSA) is 88.8 Å². The van der Waals surface area contributed by atoms with E-state index >= 15 is 0 Å². The largest absolute Gasteiger partial charge is 0.494 e. The van der Waals surface area contributed by atoms with Gasteiger partial charge in [0.2, 0.25) is 0 Å². The first-order valence-corrected chi connectivity index (χ1v) is 8.58. The highest BCUT2D eigenvalue weighted by Gasteiger charge is 2.16. The van der Waals surface area contributed by atoms with Crippen molar-refractivity contribution in [3.8, 4) is 11.8 Å². The quantitative estimate of drug-likeness (QED) is 0.593. The highest BCUT2D eigenvalue weighted by molar-refractivity contribution is 7.86. The van der Waals surface area contributed by atoms with E-state index in [9.17, 15) is 8.42 Å². The van der Waals surface area contributed by atoms with E-state index in [1.807, 2.05) is 19.9 Å². The molecule has 0 radical (unpaired) electrons. The fraction of sp³-hybridized carbons (Fsp3) is 0.176. The molecule has 2 aromatic carbocycles. The third-order valence-corrected chi connectivity index (χ3v) is 4.20. The second kappa shape index (κ2) is 7.62. The molecular formula is C17H16N2O4S. The van der Waals surface area contributed by atoms with E-state index in [-0.39, 0.29) is 10.6 Å². The molecule has 0 unspecified atom stereocenters. The van der Waals surface area contributed by atoms with Crippen LogP contribution in [0.1, 0.15) is 18.1 Å². The number of ether oxygens (including phenoxy) is 1. The monoisotopic (exact) mass is 344 g/mol. The second-order valence-corrected chi connectivity index (χ2v) is 6.38. The minimum absolute atomic E-state index is 0.0270. The molecule has 0 aromatic heterocycles. The predicted molar refractivity (Wildman–Crippen MR) is 89.2 cm³/mol. The van der Waals surface area contributed by atoms with Crippen LogP contribution in [0.2, 0.25) is 0 Å². The van der Waals surface area contributed by atoms with Gasteiger partial charge in [0.1, 0.15) is 16.7 Å². The molecule has 0 aliphatic carbocycles. The van der Waals surface area contributed by atoms with E-state index < -0.39 is 10.1 Å². The molecule has 0 fully saturated rings. The summed E-state index contributed by atoms with van der Waals surface area (Å²) in [5, 5.41) is 12.7. The number of nitriles is 1. The highest BCUT2D eigenvalue weighted by Crippen LogP contribution is 2.16. The molecule has 0 N–H and O–H groups in total. The number of rotatable bonds is 6. The van der Waals surface area contributed by atoms with Gasteiger partial charge >= 0.3 is 10.1 Å². The maximum atomic E-state index is 12.1. The Morgan fingerprint density at radius 3 is 2.29 bits per heavy atom. The SMILES string of the molecule is CCOc1ccc(/C(C#N)=N/OS(=O)(=O)c2ccc(C)cc2)cc1. The Morgan fingerprint density at radius 2 is 1.75 bits per heavy atom. The Kier molecular flexibility index (Phi) is 5.55. The lowest BCUT2D eigenvalue weighted by Crippen LogP contribution is -2.06. The number of hydrogen-bond donors (Lipinski definition) is 0. The van der Waals surface area contributed by atoms with Crippen LogP contribution in [0.25, 0.3) is 0 Å². The fourth-order valence-electron chi connectivity index (χ4n) is 1.85. The lowest BCUT2D eigenvalue weighted by molar-refractivity contribution is 0.338. The third kappa shape index (κ3) is 4.33. The molecule has 0 aliphatic heterocycles. The van der Waals surface area contributed by atoms with Gasteiger partial charge < -0.3 is 4.74 Å². The summed E-state index contributed by atoms with van der Waals surface area (Å²) in [6.07, 6.45) is 0. The van der Waals surface area contributed by atoms with Crippen LogP contribution in [0, 0.1) is 18.3 Å². The van der Waals surface area contributed by atoms with Gasteiger partial charge in [0, 0.05) is 5.56 Å². The molecule has 0 heterocycles. The van der Waals surface area contributed by atoms with Crippen molar-refractivity contribution in [3.63, 3.8) is 0 Å². The molecule has 0 bridgehead atoms. The molecule has 6 nitrogen and oxygen atoms in total. The van der Waals surface area contributed by atoms with Crippen molar-refractivity contribution in [2.45, 2.75) is 18.7 Å². The van der Waals surface area contributed by atoms with E-state index in [1.54, 1.807) is 36.4 Å². The van der Waals surface area contributed by atoms with E-state index in [2.05, 4.69) is 9.44 Å². The maximum Gasteiger partial charge on any atom is 0.358 e. The van der Waals surface area contributed by atoms with Gasteiger partial charge in [-0.25, -0.2) is 0 Å². The van der Waals surface area contributed by atoms with Gasteiger partial charge in [-0.3, -0.25) is 4.28 Å². The van der Waals surface area contributed by atoms with Crippen LogP contribution in [-0.2, 0) is 14.4 Å². The number of oxime groups is 1. The molecule has 0 spiro atoms. The van der Waals surface area contributed by atoms with Gasteiger partial charge in [-0.05, 0) is 50.2 Å². The summed E-state index contributed by atoms with van der Waals surface area (Å²) in [5.74, 6) is 0.645. The molecule has 0 saturated carbocycles. The lowest BCUT2D eigenvalue weighted by atomic mass is 10.1. The number of benzene rings is 2. The second-order valence-electron chi connectivity index (χ2n) is 4.85. The van der Waals surface area contributed by atoms with Crippen molar-refractivity contribution < 1.29 is 17.4 Å². The highest BCUT2D eigenvalue weighted by atomic mass is 32.2. The van der Waals surface area contributed by atoms with Crippen molar-refractivity contribution in [1.29, 1.82) is 5.26 Å². The molecule has 2 aromatic rings. The molecule has 0 saturated heterocycles. The van der Waals surface area contributed by atoms with Crippen molar-refractivity contribution in [1.82, 2.24) is 0 Å². The summed E-state index contributed by atoms with van der Waals surface area (Å²) in [4.78, 5) is -0.0270. The number of nitrogens with zero attached hydrogens (tertiary/aromatic N) is 2. The van der Waals surface area contributed by atoms with Gasteiger partial charge in [-0.15, -0.1) is 0 Å². The Hall–Kier alpha value is -2.85. The minimum Gasteiger partial charge on any atom is -0.494 e. The van der Waals surface area contributed by atoms with E-state index in [0.29, 0.717) is 17.9 Å². The molecule has 24 heavy (non-hydrogen) atoms. The first-order valence-electron chi connectivity index (χ1n) is 7.18. The Morgan fingerprint density at radius 1 is 1.12 bits per heavy atom. The standard InChI is InChI=1S/C17H16N2O4S/c1-3-22-15-8-6-14(7-9-15)17(12-18)19-23-24(20,21)16-10-4-13(2)5-11-16/h4-11H,3H2,1-2H3/b19-17+. The summed E-state index contributed by atoms with van der Waals surface area (Å²) in [5.41, 5.74) is 1.21. The van der Waals surface area contributed by atoms with Crippen LogP contribution in [0.3, 0.4) is 0 Å². The van der Waals surface area contributed by atoms with Crippen molar-refractivity contribution >= 4 is 15.8 Å². The van der Waals surface area contributed by atoms with Crippen LogP contribution in [-0.4, -0.2) is 20.7 Å². The normalized spacial score (nSPS) is 11.6. The fourth-order valence-corrected chi connectivity index (χ4v) is 2.58. The van der Waals surface area contributed by atoms with Gasteiger partial charge in [-0.1, -0.05) is 22.9 Å².